The Kier molecular flexibility index (Phi) is 7.06. The Morgan fingerprint density at radius 1 is 1.33 bits per heavy atom. The van der Waals surface area contributed by atoms with E-state index in [9.17, 15) is 13.2 Å². The zero-order valence-electron chi connectivity index (χ0n) is 13.5. The van der Waals surface area contributed by atoms with Gasteiger partial charge in [0.05, 0.1) is 0 Å². The van der Waals surface area contributed by atoms with Crippen LogP contribution >= 0.6 is 23.7 Å². The molecule has 0 spiro atoms. The Labute approximate surface area is 153 Å². The number of sulfonamides is 1. The molecule has 2 fully saturated rings. The molecule has 1 atom stereocenters. The number of hydrogen-bond acceptors (Lipinski definition) is 5. The lowest BCUT2D eigenvalue weighted by Gasteiger charge is -2.23. The highest BCUT2D eigenvalue weighted by atomic mass is 35.5. The number of carbonyl (C=O) groups excluding carboxylic acids is 1. The first-order valence-electron chi connectivity index (χ1n) is 8.15. The molecule has 2 saturated heterocycles. The van der Waals surface area contributed by atoms with Crippen LogP contribution in [0.2, 0.25) is 0 Å². The molecule has 3 rings (SSSR count). The highest BCUT2D eigenvalue weighted by Crippen LogP contribution is 2.27. The molecule has 0 radical (unpaired) electrons. The summed E-state index contributed by atoms with van der Waals surface area (Å²) in [4.78, 5) is 12.9. The summed E-state index contributed by atoms with van der Waals surface area (Å²) < 4.78 is 26.8. The molecule has 2 aliphatic rings. The van der Waals surface area contributed by atoms with E-state index in [1.165, 1.54) is 15.6 Å². The summed E-state index contributed by atoms with van der Waals surface area (Å²) >= 11 is 1.20. The highest BCUT2D eigenvalue weighted by molar-refractivity contribution is 7.89. The first-order chi connectivity index (χ1) is 11.1. The van der Waals surface area contributed by atoms with Gasteiger partial charge in [0.25, 0.3) is 5.91 Å². The van der Waals surface area contributed by atoms with E-state index < -0.39 is 10.0 Å². The van der Waals surface area contributed by atoms with Crippen LogP contribution in [0.4, 0.5) is 0 Å². The van der Waals surface area contributed by atoms with Crippen molar-refractivity contribution in [2.45, 2.75) is 30.6 Å². The average molecular weight is 394 g/mol. The summed E-state index contributed by atoms with van der Waals surface area (Å²) in [6, 6.07) is 1.55. The molecule has 0 aliphatic carbocycles. The van der Waals surface area contributed by atoms with Gasteiger partial charge in [0.2, 0.25) is 10.0 Å². The van der Waals surface area contributed by atoms with E-state index in [0.717, 1.165) is 38.8 Å². The van der Waals surface area contributed by atoms with Gasteiger partial charge in [0.1, 0.15) is 9.77 Å². The van der Waals surface area contributed by atoms with Crippen molar-refractivity contribution in [3.05, 3.63) is 16.3 Å². The summed E-state index contributed by atoms with van der Waals surface area (Å²) in [5.74, 6) is 0.148. The maximum Gasteiger partial charge on any atom is 0.262 e. The standard InChI is InChI=1S/C15H23N3O3S2.ClH/c19-15(17-11-12-4-3-6-16-10-12)14-13(5-9-22-14)23(20,21)18-7-1-2-8-18;/h5,9,12,16H,1-4,6-8,10-11H2,(H,17,19);1H. The molecule has 136 valence electrons. The predicted octanol–water partition coefficient (Wildman–Crippen LogP) is 1.68. The van der Waals surface area contributed by atoms with Crippen LogP contribution in [0.15, 0.2) is 16.3 Å². The van der Waals surface area contributed by atoms with Crippen molar-refractivity contribution in [1.29, 1.82) is 0 Å². The number of rotatable bonds is 5. The summed E-state index contributed by atoms with van der Waals surface area (Å²) in [7, 11) is -3.54. The van der Waals surface area contributed by atoms with E-state index >= 15 is 0 Å². The smallest absolute Gasteiger partial charge is 0.262 e. The summed E-state index contributed by atoms with van der Waals surface area (Å²) in [6.07, 6.45) is 3.99. The Bertz CT molecular complexity index is 651. The van der Waals surface area contributed by atoms with Crippen LogP contribution in [0.3, 0.4) is 0 Å². The monoisotopic (exact) mass is 393 g/mol. The van der Waals surface area contributed by atoms with Gasteiger partial charge >= 0.3 is 0 Å². The van der Waals surface area contributed by atoms with Crippen molar-refractivity contribution in [3.63, 3.8) is 0 Å². The number of nitrogens with one attached hydrogen (secondary N) is 2. The van der Waals surface area contributed by atoms with Crippen LogP contribution in [0.5, 0.6) is 0 Å². The molecule has 1 aromatic heterocycles. The van der Waals surface area contributed by atoms with E-state index in [2.05, 4.69) is 10.6 Å². The molecule has 1 unspecified atom stereocenters. The fraction of sp³-hybridized carbons (Fsp3) is 0.667. The number of nitrogens with zero attached hydrogens (tertiary/aromatic N) is 1. The van der Waals surface area contributed by atoms with Crippen LogP contribution in [-0.2, 0) is 10.0 Å². The number of thiophene rings is 1. The minimum absolute atomic E-state index is 0. The van der Waals surface area contributed by atoms with Crippen LogP contribution in [-0.4, -0.2) is 51.4 Å². The van der Waals surface area contributed by atoms with E-state index in [1.807, 2.05) is 0 Å². The van der Waals surface area contributed by atoms with Gasteiger partial charge in [-0.05, 0) is 56.1 Å². The molecular weight excluding hydrogens is 370 g/mol. The van der Waals surface area contributed by atoms with Gasteiger partial charge in [0, 0.05) is 19.6 Å². The van der Waals surface area contributed by atoms with Gasteiger partial charge in [-0.2, -0.15) is 4.31 Å². The second-order valence-corrected chi connectivity index (χ2v) is 8.97. The van der Waals surface area contributed by atoms with Gasteiger partial charge in [-0.15, -0.1) is 23.7 Å². The molecule has 24 heavy (non-hydrogen) atoms. The fourth-order valence-electron chi connectivity index (χ4n) is 3.15. The number of hydrogen-bond donors (Lipinski definition) is 2. The molecule has 6 nitrogen and oxygen atoms in total. The van der Waals surface area contributed by atoms with E-state index in [-0.39, 0.29) is 23.2 Å². The number of amides is 1. The molecule has 0 aromatic carbocycles. The third-order valence-corrected chi connectivity index (χ3v) is 7.45. The number of halogens is 1. The van der Waals surface area contributed by atoms with E-state index in [4.69, 9.17) is 0 Å². The normalized spacial score (nSPS) is 22.1. The average Bonchev–Trinajstić information content (AvgIpc) is 3.25. The van der Waals surface area contributed by atoms with Crippen LogP contribution in [0, 0.1) is 5.92 Å². The Morgan fingerprint density at radius 3 is 2.75 bits per heavy atom. The number of piperidine rings is 1. The summed E-state index contributed by atoms with van der Waals surface area (Å²) in [6.45, 7) is 3.63. The topological polar surface area (TPSA) is 78.5 Å². The number of carbonyl (C=O) groups is 1. The van der Waals surface area contributed by atoms with Crippen molar-refractivity contribution in [3.8, 4) is 0 Å². The maximum atomic E-state index is 12.7. The summed E-state index contributed by atoms with van der Waals surface area (Å²) in [5, 5.41) is 7.90. The lowest BCUT2D eigenvalue weighted by Crippen LogP contribution is -2.38. The quantitative estimate of drug-likeness (QED) is 0.797. The van der Waals surface area contributed by atoms with Crippen molar-refractivity contribution < 1.29 is 13.2 Å². The second-order valence-electron chi connectivity index (χ2n) is 6.15. The minimum atomic E-state index is -3.54. The van der Waals surface area contributed by atoms with Crippen molar-refractivity contribution >= 4 is 39.7 Å². The molecule has 0 bridgehead atoms. The zero-order valence-corrected chi connectivity index (χ0v) is 15.9. The third kappa shape index (κ3) is 4.29. The Balaban J connectivity index is 0.00000208. The second kappa shape index (κ2) is 8.62. The Morgan fingerprint density at radius 2 is 2.08 bits per heavy atom. The SMILES string of the molecule is Cl.O=C(NCC1CCCNC1)c1sccc1S(=O)(=O)N1CCCC1. The molecule has 2 aliphatic heterocycles. The molecule has 0 saturated carbocycles. The molecule has 1 amide bonds. The molecule has 3 heterocycles. The van der Waals surface area contributed by atoms with Gasteiger partial charge in [-0.3, -0.25) is 4.79 Å². The fourth-order valence-corrected chi connectivity index (χ4v) is 5.98. The first kappa shape index (κ1) is 19.7. The summed E-state index contributed by atoms with van der Waals surface area (Å²) in [5.41, 5.74) is 0. The van der Waals surface area contributed by atoms with Crippen LogP contribution < -0.4 is 10.6 Å². The van der Waals surface area contributed by atoms with Crippen molar-refractivity contribution in [2.75, 3.05) is 32.7 Å². The van der Waals surface area contributed by atoms with Crippen molar-refractivity contribution in [1.82, 2.24) is 14.9 Å². The first-order valence-corrected chi connectivity index (χ1v) is 10.5. The van der Waals surface area contributed by atoms with E-state index in [1.54, 1.807) is 11.4 Å². The minimum Gasteiger partial charge on any atom is -0.351 e. The highest BCUT2D eigenvalue weighted by Gasteiger charge is 2.31. The molecular formula is C15H24ClN3O3S2. The van der Waals surface area contributed by atoms with Gasteiger partial charge in [0.15, 0.2) is 0 Å². The lowest BCUT2D eigenvalue weighted by atomic mass is 10.00. The molecule has 1 aromatic rings. The molecule has 2 N–H and O–H groups in total. The lowest BCUT2D eigenvalue weighted by molar-refractivity contribution is 0.0946. The third-order valence-electron chi connectivity index (χ3n) is 4.47. The van der Waals surface area contributed by atoms with Gasteiger partial charge in [-0.1, -0.05) is 0 Å². The van der Waals surface area contributed by atoms with Crippen molar-refractivity contribution in [2.24, 2.45) is 5.92 Å². The maximum absolute atomic E-state index is 12.7. The van der Waals surface area contributed by atoms with Crippen LogP contribution in [0.25, 0.3) is 0 Å². The van der Waals surface area contributed by atoms with Crippen LogP contribution in [0.1, 0.15) is 35.4 Å². The molecule has 9 heteroatoms. The largest absolute Gasteiger partial charge is 0.351 e. The predicted molar refractivity (Wildman–Crippen MR) is 97.5 cm³/mol. The van der Waals surface area contributed by atoms with Gasteiger partial charge in [-0.25, -0.2) is 8.42 Å². The zero-order chi connectivity index (χ0) is 16.3. The Hall–Kier alpha value is -0.670. The van der Waals surface area contributed by atoms with Gasteiger partial charge < -0.3 is 10.6 Å². The van der Waals surface area contributed by atoms with E-state index in [0.29, 0.717) is 30.4 Å².